The fourth-order valence-corrected chi connectivity index (χ4v) is 3.82. The van der Waals surface area contributed by atoms with Crippen LogP contribution in [0.5, 0.6) is 5.75 Å². The van der Waals surface area contributed by atoms with E-state index in [1.54, 1.807) is 25.1 Å². The lowest BCUT2D eigenvalue weighted by Crippen LogP contribution is -2.29. The first-order valence-corrected chi connectivity index (χ1v) is 11.7. The van der Waals surface area contributed by atoms with Crippen LogP contribution in [-0.2, 0) is 14.8 Å². The molecule has 10 nitrogen and oxygen atoms in total. The zero-order valence-electron chi connectivity index (χ0n) is 18.4. The van der Waals surface area contributed by atoms with Gasteiger partial charge in [0.15, 0.2) is 6.10 Å². The maximum absolute atomic E-state index is 13.1. The predicted octanol–water partition coefficient (Wildman–Crippen LogP) is 2.91. The molecule has 0 saturated carbocycles. The van der Waals surface area contributed by atoms with Gasteiger partial charge in [-0.15, -0.1) is 0 Å². The molecule has 1 heterocycles. The summed E-state index contributed by atoms with van der Waals surface area (Å²) in [6.07, 6.45) is -1.05. The van der Waals surface area contributed by atoms with E-state index in [4.69, 9.17) is 9.84 Å². The minimum Gasteiger partial charge on any atom is -0.479 e. The minimum absolute atomic E-state index is 0.0143. The Morgan fingerprint density at radius 1 is 1.09 bits per heavy atom. The molecule has 0 bridgehead atoms. The fourth-order valence-electron chi connectivity index (χ4n) is 2.79. The van der Waals surface area contributed by atoms with Crippen molar-refractivity contribution in [1.29, 1.82) is 0 Å². The van der Waals surface area contributed by atoms with E-state index in [1.165, 1.54) is 43.3 Å². The van der Waals surface area contributed by atoms with Crippen LogP contribution in [0.3, 0.4) is 0 Å². The van der Waals surface area contributed by atoms with Gasteiger partial charge < -0.3 is 20.5 Å². The summed E-state index contributed by atoms with van der Waals surface area (Å²) >= 11 is 0. The van der Waals surface area contributed by atoms with Crippen LogP contribution in [0, 0.1) is 12.7 Å². The van der Waals surface area contributed by atoms with E-state index >= 15 is 0 Å². The Bertz CT molecular complexity index is 1240. The molecule has 0 saturated heterocycles. The summed E-state index contributed by atoms with van der Waals surface area (Å²) in [6.45, 7) is 3.45. The second kappa shape index (κ2) is 10.9. The van der Waals surface area contributed by atoms with Gasteiger partial charge in [0.25, 0.3) is 0 Å². The number of benzene rings is 2. The number of sulfonamides is 1. The van der Waals surface area contributed by atoms with Crippen molar-refractivity contribution in [2.24, 2.45) is 0 Å². The second-order valence-corrected chi connectivity index (χ2v) is 9.01. The Kier molecular flexibility index (Phi) is 7.97. The summed E-state index contributed by atoms with van der Waals surface area (Å²) in [5.74, 6) is -0.412. The van der Waals surface area contributed by atoms with Crippen LogP contribution in [0.15, 0.2) is 59.5 Å². The highest BCUT2D eigenvalue weighted by Gasteiger charge is 2.16. The Labute approximate surface area is 196 Å². The van der Waals surface area contributed by atoms with E-state index < -0.39 is 22.1 Å². The molecule has 34 heavy (non-hydrogen) atoms. The van der Waals surface area contributed by atoms with Crippen molar-refractivity contribution in [3.8, 4) is 5.75 Å². The van der Waals surface area contributed by atoms with E-state index in [0.29, 0.717) is 23.1 Å². The number of aryl methyl sites for hydroxylation is 1. The lowest BCUT2D eigenvalue weighted by molar-refractivity contribution is -0.144. The van der Waals surface area contributed by atoms with Gasteiger partial charge in [-0.2, -0.15) is 4.98 Å². The van der Waals surface area contributed by atoms with E-state index in [2.05, 4.69) is 25.3 Å². The quantitative estimate of drug-likeness (QED) is 0.299. The Hall–Kier alpha value is -3.77. The van der Waals surface area contributed by atoms with Crippen molar-refractivity contribution < 1.29 is 27.4 Å². The third kappa shape index (κ3) is 7.12. The summed E-state index contributed by atoms with van der Waals surface area (Å²) < 4.78 is 45.7. The number of carboxylic acid groups (broad SMARTS) is 1. The highest BCUT2D eigenvalue weighted by molar-refractivity contribution is 7.89. The van der Waals surface area contributed by atoms with Crippen LogP contribution >= 0.6 is 0 Å². The first-order chi connectivity index (χ1) is 16.1. The van der Waals surface area contributed by atoms with Crippen molar-refractivity contribution in [3.63, 3.8) is 0 Å². The van der Waals surface area contributed by atoms with Gasteiger partial charge in [-0.3, -0.25) is 0 Å². The standard InChI is InChI=1S/C22H24FN5O5S/c1-14-13-20(27-17-5-3-16(23)4-6-17)28-22(26-14)24-11-12-25-34(31,32)19-9-7-18(8-10-19)33-15(2)21(29)30/h3-10,13,15,25H,11-12H2,1-2H3,(H,29,30)(H2,24,26,27,28)/t15-/m1/s1. The predicted molar refractivity (Wildman–Crippen MR) is 124 cm³/mol. The molecule has 12 heteroatoms. The normalized spacial score (nSPS) is 12.1. The molecule has 0 radical (unpaired) electrons. The zero-order chi connectivity index (χ0) is 24.7. The van der Waals surface area contributed by atoms with Crippen molar-refractivity contribution in [2.45, 2.75) is 24.8 Å². The number of hydrogen-bond acceptors (Lipinski definition) is 8. The van der Waals surface area contributed by atoms with Crippen LogP contribution in [-0.4, -0.2) is 48.7 Å². The SMILES string of the molecule is Cc1cc(Nc2ccc(F)cc2)nc(NCCNS(=O)(=O)c2ccc(O[C@H](C)C(=O)O)cc2)n1. The highest BCUT2D eigenvalue weighted by atomic mass is 32.2. The van der Waals surface area contributed by atoms with Gasteiger partial charge in [-0.1, -0.05) is 0 Å². The zero-order valence-corrected chi connectivity index (χ0v) is 19.3. The molecule has 0 aliphatic heterocycles. The fraction of sp³-hybridized carbons (Fsp3) is 0.227. The van der Waals surface area contributed by atoms with Gasteiger partial charge in [0, 0.05) is 30.5 Å². The lowest BCUT2D eigenvalue weighted by Gasteiger charge is -2.12. The molecule has 1 aromatic heterocycles. The van der Waals surface area contributed by atoms with Gasteiger partial charge in [0.05, 0.1) is 4.90 Å². The topological polar surface area (TPSA) is 143 Å². The number of nitrogens with one attached hydrogen (secondary N) is 3. The summed E-state index contributed by atoms with van der Waals surface area (Å²) in [4.78, 5) is 19.5. The van der Waals surface area contributed by atoms with Gasteiger partial charge in [0.2, 0.25) is 16.0 Å². The molecule has 1 atom stereocenters. The number of ether oxygens (including phenoxy) is 1. The van der Waals surface area contributed by atoms with Crippen molar-refractivity contribution in [3.05, 3.63) is 66.1 Å². The molecular formula is C22H24FN5O5S. The van der Waals surface area contributed by atoms with Crippen LogP contribution in [0.4, 0.5) is 21.8 Å². The first kappa shape index (κ1) is 24.9. The Balaban J connectivity index is 1.53. The van der Waals surface area contributed by atoms with Crippen molar-refractivity contribution in [1.82, 2.24) is 14.7 Å². The monoisotopic (exact) mass is 489 g/mol. The molecule has 4 N–H and O–H groups in total. The molecule has 180 valence electrons. The highest BCUT2D eigenvalue weighted by Crippen LogP contribution is 2.18. The summed E-state index contributed by atoms with van der Waals surface area (Å²) in [6, 6.07) is 13.0. The minimum atomic E-state index is -3.78. The number of nitrogens with zero attached hydrogens (tertiary/aromatic N) is 2. The number of rotatable bonds is 11. The number of hydrogen-bond donors (Lipinski definition) is 4. The molecule has 0 aliphatic carbocycles. The number of aromatic nitrogens is 2. The molecule has 0 spiro atoms. The van der Waals surface area contributed by atoms with Crippen molar-refractivity contribution in [2.75, 3.05) is 23.7 Å². The first-order valence-electron chi connectivity index (χ1n) is 10.2. The van der Waals surface area contributed by atoms with Crippen molar-refractivity contribution >= 4 is 33.4 Å². The van der Waals surface area contributed by atoms with E-state index in [9.17, 15) is 17.6 Å². The van der Waals surface area contributed by atoms with Crippen LogP contribution in [0.2, 0.25) is 0 Å². The average Bonchev–Trinajstić information content (AvgIpc) is 2.78. The number of carbonyl (C=O) groups is 1. The Morgan fingerprint density at radius 2 is 1.76 bits per heavy atom. The molecule has 0 amide bonds. The third-order valence-corrected chi connectivity index (χ3v) is 5.94. The number of carboxylic acids is 1. The van der Waals surface area contributed by atoms with Gasteiger partial charge in [0.1, 0.15) is 17.4 Å². The van der Waals surface area contributed by atoms with E-state index in [0.717, 1.165) is 0 Å². The lowest BCUT2D eigenvalue weighted by atomic mass is 10.3. The van der Waals surface area contributed by atoms with Crippen LogP contribution < -0.4 is 20.1 Å². The van der Waals surface area contributed by atoms with Crippen LogP contribution in [0.1, 0.15) is 12.6 Å². The molecule has 0 unspecified atom stereocenters. The Morgan fingerprint density at radius 3 is 2.41 bits per heavy atom. The number of aliphatic carboxylic acids is 1. The van der Waals surface area contributed by atoms with E-state index in [1.807, 2.05) is 0 Å². The molecule has 3 aromatic rings. The molecular weight excluding hydrogens is 465 g/mol. The summed E-state index contributed by atoms with van der Waals surface area (Å²) in [5, 5.41) is 14.9. The molecule has 2 aromatic carbocycles. The largest absolute Gasteiger partial charge is 0.479 e. The number of anilines is 3. The smallest absolute Gasteiger partial charge is 0.344 e. The van der Waals surface area contributed by atoms with Gasteiger partial charge in [-0.25, -0.2) is 27.3 Å². The summed E-state index contributed by atoms with van der Waals surface area (Å²) in [7, 11) is -3.78. The van der Waals surface area contributed by atoms with Crippen LogP contribution in [0.25, 0.3) is 0 Å². The van der Waals surface area contributed by atoms with Gasteiger partial charge in [-0.05, 0) is 62.4 Å². The maximum atomic E-state index is 13.1. The maximum Gasteiger partial charge on any atom is 0.344 e. The second-order valence-electron chi connectivity index (χ2n) is 7.24. The third-order valence-electron chi connectivity index (χ3n) is 4.47. The van der Waals surface area contributed by atoms with Gasteiger partial charge >= 0.3 is 5.97 Å². The number of halogens is 1. The molecule has 3 rings (SSSR count). The summed E-state index contributed by atoms with van der Waals surface area (Å²) in [5.41, 5.74) is 1.34. The molecule has 0 aliphatic rings. The van der Waals surface area contributed by atoms with E-state index in [-0.39, 0.29) is 29.6 Å². The molecule has 0 fully saturated rings. The average molecular weight is 490 g/mol.